The van der Waals surface area contributed by atoms with E-state index in [0.29, 0.717) is 42.1 Å². The van der Waals surface area contributed by atoms with Crippen molar-refractivity contribution in [3.8, 4) is 0 Å². The van der Waals surface area contributed by atoms with Gasteiger partial charge < -0.3 is 19.5 Å². The van der Waals surface area contributed by atoms with Gasteiger partial charge in [-0.2, -0.15) is 4.98 Å². The Labute approximate surface area is 144 Å². The van der Waals surface area contributed by atoms with Crippen molar-refractivity contribution in [1.29, 1.82) is 0 Å². The van der Waals surface area contributed by atoms with E-state index in [0.717, 1.165) is 0 Å². The second kappa shape index (κ2) is 7.19. The molecule has 3 rings (SSSR count). The van der Waals surface area contributed by atoms with E-state index in [-0.39, 0.29) is 18.1 Å². The molecule has 1 atom stereocenters. The molecule has 24 heavy (non-hydrogen) atoms. The highest BCUT2D eigenvalue weighted by molar-refractivity contribution is 6.30. The molecule has 1 unspecified atom stereocenters. The number of benzene rings is 1. The molecule has 1 N–H and O–H groups in total. The summed E-state index contributed by atoms with van der Waals surface area (Å²) < 4.78 is 10.9. The topological polar surface area (TPSA) is 80.5 Å². The fourth-order valence-corrected chi connectivity index (χ4v) is 2.56. The molecule has 2 aromatic rings. The smallest absolute Gasteiger partial charge is 0.322 e. The first-order chi connectivity index (χ1) is 11.5. The van der Waals surface area contributed by atoms with Crippen LogP contribution in [0.3, 0.4) is 0 Å². The number of aromatic nitrogens is 2. The predicted octanol–water partition coefficient (Wildman–Crippen LogP) is 3.45. The quantitative estimate of drug-likeness (QED) is 0.916. The van der Waals surface area contributed by atoms with Gasteiger partial charge in [0.25, 0.3) is 0 Å². The Kier molecular flexibility index (Phi) is 5.01. The van der Waals surface area contributed by atoms with Crippen LogP contribution < -0.4 is 5.32 Å². The van der Waals surface area contributed by atoms with Crippen molar-refractivity contribution >= 4 is 23.3 Å². The largest absolute Gasteiger partial charge is 0.366 e. The van der Waals surface area contributed by atoms with Crippen LogP contribution in [-0.2, 0) is 4.74 Å². The van der Waals surface area contributed by atoms with E-state index in [1.165, 1.54) is 0 Å². The second-order valence-corrected chi connectivity index (χ2v) is 6.33. The van der Waals surface area contributed by atoms with Crippen molar-refractivity contribution in [1.82, 2.24) is 15.0 Å². The van der Waals surface area contributed by atoms with Crippen molar-refractivity contribution in [2.24, 2.45) is 0 Å². The number of halogens is 1. The second-order valence-electron chi connectivity index (χ2n) is 5.89. The molecular formula is C16H19ClN4O3. The molecule has 128 valence electrons. The minimum Gasteiger partial charge on any atom is -0.366 e. The van der Waals surface area contributed by atoms with Gasteiger partial charge in [0.05, 0.1) is 13.2 Å². The number of hydrogen-bond donors (Lipinski definition) is 1. The lowest BCUT2D eigenvalue weighted by Crippen LogP contribution is -2.44. The Balaban J connectivity index is 1.65. The summed E-state index contributed by atoms with van der Waals surface area (Å²) in [6.45, 7) is 5.23. The average molecular weight is 351 g/mol. The number of nitrogens with one attached hydrogen (secondary N) is 1. The lowest BCUT2D eigenvalue weighted by molar-refractivity contribution is -0.0190. The Morgan fingerprint density at radius 3 is 3.00 bits per heavy atom. The molecule has 1 saturated heterocycles. The van der Waals surface area contributed by atoms with Crippen molar-refractivity contribution in [2.75, 3.05) is 25.0 Å². The van der Waals surface area contributed by atoms with Gasteiger partial charge in [0.15, 0.2) is 0 Å². The minimum atomic E-state index is -0.389. The third kappa shape index (κ3) is 3.85. The first kappa shape index (κ1) is 16.7. The van der Waals surface area contributed by atoms with E-state index in [4.69, 9.17) is 20.9 Å². The van der Waals surface area contributed by atoms with Crippen LogP contribution in [0, 0.1) is 0 Å². The van der Waals surface area contributed by atoms with Crippen LogP contribution in [0.4, 0.5) is 10.5 Å². The summed E-state index contributed by atoms with van der Waals surface area (Å²) in [5, 5.41) is 7.36. The Bertz CT molecular complexity index is 719. The molecule has 0 bridgehead atoms. The first-order valence-electron chi connectivity index (χ1n) is 7.79. The molecule has 2 amide bonds. The molecular weight excluding hydrogens is 332 g/mol. The summed E-state index contributed by atoms with van der Waals surface area (Å²) in [6, 6.07) is 6.82. The number of amides is 2. The number of ether oxygens (including phenoxy) is 1. The molecule has 1 aromatic heterocycles. The standard InChI is InChI=1S/C16H19ClN4O3/c1-10(2)15-19-14(20-24-15)13-9-21(6-7-23-13)16(22)18-12-5-3-4-11(17)8-12/h3-5,8,10,13H,6-7,9H2,1-2H3,(H,18,22). The normalized spacial score (nSPS) is 18.0. The summed E-state index contributed by atoms with van der Waals surface area (Å²) >= 11 is 5.93. The van der Waals surface area contributed by atoms with Crippen LogP contribution in [0.1, 0.15) is 37.6 Å². The van der Waals surface area contributed by atoms with Gasteiger partial charge in [-0.05, 0) is 18.2 Å². The Morgan fingerprint density at radius 2 is 2.29 bits per heavy atom. The van der Waals surface area contributed by atoms with Gasteiger partial charge in [0, 0.05) is 23.2 Å². The molecule has 2 heterocycles. The zero-order valence-corrected chi connectivity index (χ0v) is 14.3. The lowest BCUT2D eigenvalue weighted by Gasteiger charge is -2.31. The Hall–Kier alpha value is -2.12. The van der Waals surface area contributed by atoms with E-state index in [2.05, 4.69) is 15.5 Å². The molecule has 8 heteroatoms. The Morgan fingerprint density at radius 1 is 1.46 bits per heavy atom. The van der Waals surface area contributed by atoms with Crippen LogP contribution in [0.5, 0.6) is 0 Å². The van der Waals surface area contributed by atoms with E-state index in [1.807, 2.05) is 13.8 Å². The van der Waals surface area contributed by atoms with Crippen LogP contribution >= 0.6 is 11.6 Å². The van der Waals surface area contributed by atoms with Crippen LogP contribution in [0.25, 0.3) is 0 Å². The van der Waals surface area contributed by atoms with Crippen molar-refractivity contribution in [3.05, 3.63) is 41.0 Å². The van der Waals surface area contributed by atoms with E-state index in [1.54, 1.807) is 29.2 Å². The molecule has 1 aromatic carbocycles. The van der Waals surface area contributed by atoms with Gasteiger partial charge in [0.2, 0.25) is 11.7 Å². The minimum absolute atomic E-state index is 0.150. The van der Waals surface area contributed by atoms with E-state index >= 15 is 0 Å². The number of hydrogen-bond acceptors (Lipinski definition) is 5. The zero-order chi connectivity index (χ0) is 17.1. The maximum Gasteiger partial charge on any atom is 0.322 e. The van der Waals surface area contributed by atoms with Gasteiger partial charge in [-0.1, -0.05) is 36.7 Å². The van der Waals surface area contributed by atoms with Crippen molar-refractivity contribution in [3.63, 3.8) is 0 Å². The number of rotatable bonds is 3. The summed E-state index contributed by atoms with van der Waals surface area (Å²) in [4.78, 5) is 18.4. The highest BCUT2D eigenvalue weighted by atomic mass is 35.5. The zero-order valence-electron chi connectivity index (χ0n) is 13.5. The summed E-state index contributed by atoms with van der Waals surface area (Å²) in [5.74, 6) is 1.19. The molecule has 1 aliphatic heterocycles. The van der Waals surface area contributed by atoms with Crippen molar-refractivity contribution < 1.29 is 14.1 Å². The monoisotopic (exact) mass is 350 g/mol. The summed E-state index contributed by atoms with van der Waals surface area (Å²) in [5.41, 5.74) is 0.650. The molecule has 1 aliphatic rings. The number of carbonyl (C=O) groups is 1. The van der Waals surface area contributed by atoms with E-state index < -0.39 is 0 Å². The van der Waals surface area contributed by atoms with Gasteiger partial charge in [-0.3, -0.25) is 0 Å². The predicted molar refractivity (Wildman–Crippen MR) is 89.1 cm³/mol. The number of anilines is 1. The van der Waals surface area contributed by atoms with Gasteiger partial charge in [0.1, 0.15) is 6.10 Å². The SMILES string of the molecule is CC(C)c1nc(C2CN(C(=O)Nc3cccc(Cl)c3)CCO2)no1. The maximum atomic E-state index is 12.4. The molecule has 0 saturated carbocycles. The summed E-state index contributed by atoms with van der Waals surface area (Å²) in [7, 11) is 0. The fraction of sp³-hybridized carbons (Fsp3) is 0.438. The van der Waals surface area contributed by atoms with E-state index in [9.17, 15) is 4.79 Å². The van der Waals surface area contributed by atoms with Crippen LogP contribution in [0.2, 0.25) is 5.02 Å². The molecule has 0 spiro atoms. The number of nitrogens with zero attached hydrogens (tertiary/aromatic N) is 3. The average Bonchev–Trinajstić information content (AvgIpc) is 3.05. The van der Waals surface area contributed by atoms with Crippen molar-refractivity contribution in [2.45, 2.75) is 25.9 Å². The van der Waals surface area contributed by atoms with Crippen LogP contribution in [0.15, 0.2) is 28.8 Å². The highest BCUT2D eigenvalue weighted by Gasteiger charge is 2.29. The van der Waals surface area contributed by atoms with Gasteiger partial charge in [-0.15, -0.1) is 0 Å². The maximum absolute atomic E-state index is 12.4. The van der Waals surface area contributed by atoms with Crippen LogP contribution in [-0.4, -0.2) is 40.8 Å². The lowest BCUT2D eigenvalue weighted by atomic mass is 10.2. The molecule has 0 aliphatic carbocycles. The molecule has 1 fully saturated rings. The van der Waals surface area contributed by atoms with Gasteiger partial charge >= 0.3 is 6.03 Å². The molecule has 7 nitrogen and oxygen atoms in total. The van der Waals surface area contributed by atoms with Gasteiger partial charge in [-0.25, -0.2) is 4.79 Å². The number of morpholine rings is 1. The fourth-order valence-electron chi connectivity index (χ4n) is 2.37. The number of urea groups is 1. The highest BCUT2D eigenvalue weighted by Crippen LogP contribution is 2.23. The number of carbonyl (C=O) groups excluding carboxylic acids is 1. The summed E-state index contributed by atoms with van der Waals surface area (Å²) in [6.07, 6.45) is -0.389. The third-order valence-corrected chi connectivity index (χ3v) is 3.90. The third-order valence-electron chi connectivity index (χ3n) is 3.67. The first-order valence-corrected chi connectivity index (χ1v) is 8.17. The molecule has 0 radical (unpaired) electrons.